The van der Waals surface area contributed by atoms with Crippen LogP contribution < -0.4 is 10.1 Å². The number of anilines is 1. The van der Waals surface area contributed by atoms with Crippen LogP contribution in [0.15, 0.2) is 24.3 Å². The van der Waals surface area contributed by atoms with E-state index in [1.54, 1.807) is 9.80 Å². The van der Waals surface area contributed by atoms with Gasteiger partial charge >= 0.3 is 6.03 Å². The molecular weight excluding hydrogens is 318 g/mol. The number of likely N-dealkylation sites (tertiary alicyclic amines) is 1. The predicted molar refractivity (Wildman–Crippen MR) is 98.9 cm³/mol. The molecule has 1 aliphatic heterocycles. The number of urea groups is 1. The lowest BCUT2D eigenvalue weighted by molar-refractivity contribution is -0.121. The Morgan fingerprint density at radius 3 is 2.64 bits per heavy atom. The van der Waals surface area contributed by atoms with Crippen LogP contribution in [-0.4, -0.2) is 54.5 Å². The molecule has 6 heteroatoms. The van der Waals surface area contributed by atoms with Gasteiger partial charge in [-0.2, -0.15) is 0 Å². The molecule has 0 saturated carbocycles. The summed E-state index contributed by atoms with van der Waals surface area (Å²) in [5.74, 6) is 0.428. The molecule has 1 fully saturated rings. The molecule has 1 aliphatic rings. The van der Waals surface area contributed by atoms with E-state index in [1.807, 2.05) is 45.0 Å². The van der Waals surface area contributed by atoms with Crippen LogP contribution in [0, 0.1) is 5.92 Å². The number of rotatable bonds is 6. The summed E-state index contributed by atoms with van der Waals surface area (Å²) >= 11 is 0. The SMILES string of the molecule is CCOc1ccccc1NC(=O)[C@H]1CCCN(C(=O)N(CC)CC)C1. The molecule has 1 N–H and O–H groups in total. The third-order valence-corrected chi connectivity index (χ3v) is 4.54. The zero-order valence-corrected chi connectivity index (χ0v) is 15.5. The molecule has 6 nitrogen and oxygen atoms in total. The molecule has 2 rings (SSSR count). The van der Waals surface area contributed by atoms with Crippen molar-refractivity contribution in [2.24, 2.45) is 5.92 Å². The molecule has 0 radical (unpaired) electrons. The maximum Gasteiger partial charge on any atom is 0.320 e. The molecule has 138 valence electrons. The second-order valence-electron chi connectivity index (χ2n) is 6.16. The molecule has 1 aromatic rings. The summed E-state index contributed by atoms with van der Waals surface area (Å²) in [7, 11) is 0. The second-order valence-corrected chi connectivity index (χ2v) is 6.16. The maximum atomic E-state index is 12.7. The van der Waals surface area contributed by atoms with Crippen molar-refractivity contribution in [1.82, 2.24) is 9.80 Å². The van der Waals surface area contributed by atoms with Crippen LogP contribution in [0.3, 0.4) is 0 Å². The van der Waals surface area contributed by atoms with Crippen molar-refractivity contribution >= 4 is 17.6 Å². The first-order valence-corrected chi connectivity index (χ1v) is 9.17. The van der Waals surface area contributed by atoms with Gasteiger partial charge in [0.15, 0.2) is 0 Å². The van der Waals surface area contributed by atoms with Crippen molar-refractivity contribution in [3.63, 3.8) is 0 Å². The van der Waals surface area contributed by atoms with Crippen LogP contribution >= 0.6 is 0 Å². The Labute approximate surface area is 150 Å². The second kappa shape index (κ2) is 9.30. The zero-order chi connectivity index (χ0) is 18.2. The molecule has 0 bridgehead atoms. The Kier molecular flexibility index (Phi) is 7.10. The standard InChI is InChI=1S/C19H29N3O3/c1-4-21(5-2)19(24)22-13-9-10-15(14-22)18(23)20-16-11-7-8-12-17(16)25-6-3/h7-8,11-12,15H,4-6,9-10,13-14H2,1-3H3,(H,20,23)/t15-/m0/s1. The van der Waals surface area contributed by atoms with Gasteiger partial charge in [0.1, 0.15) is 5.75 Å². The average molecular weight is 347 g/mol. The molecule has 0 spiro atoms. The summed E-state index contributed by atoms with van der Waals surface area (Å²) in [6, 6.07) is 7.46. The molecule has 25 heavy (non-hydrogen) atoms. The van der Waals surface area contributed by atoms with Crippen LogP contribution in [0.1, 0.15) is 33.6 Å². The highest BCUT2D eigenvalue weighted by atomic mass is 16.5. The first-order chi connectivity index (χ1) is 12.1. The molecule has 0 aliphatic carbocycles. The third kappa shape index (κ3) is 4.87. The number of benzene rings is 1. The molecule has 1 heterocycles. The van der Waals surface area contributed by atoms with Gasteiger partial charge in [0.05, 0.1) is 18.2 Å². The number of amides is 3. The first-order valence-electron chi connectivity index (χ1n) is 9.17. The smallest absolute Gasteiger partial charge is 0.320 e. The minimum absolute atomic E-state index is 0.0252. The number of carbonyl (C=O) groups excluding carboxylic acids is 2. The summed E-state index contributed by atoms with van der Waals surface area (Å²) in [5, 5.41) is 2.97. The Morgan fingerprint density at radius 2 is 1.96 bits per heavy atom. The predicted octanol–water partition coefficient (Wildman–Crippen LogP) is 3.20. The monoisotopic (exact) mass is 347 g/mol. The molecule has 1 aromatic carbocycles. The fraction of sp³-hybridized carbons (Fsp3) is 0.579. The van der Waals surface area contributed by atoms with Gasteiger partial charge in [0.25, 0.3) is 0 Å². The van der Waals surface area contributed by atoms with E-state index in [0.29, 0.717) is 44.2 Å². The van der Waals surface area contributed by atoms with Crippen LogP contribution in [0.4, 0.5) is 10.5 Å². The molecule has 0 aromatic heterocycles. The van der Waals surface area contributed by atoms with Gasteiger partial charge in [-0.05, 0) is 45.7 Å². The summed E-state index contributed by atoms with van der Waals surface area (Å²) in [4.78, 5) is 28.8. The Hall–Kier alpha value is -2.24. The van der Waals surface area contributed by atoms with Gasteiger partial charge < -0.3 is 19.9 Å². The minimum atomic E-state index is -0.192. The van der Waals surface area contributed by atoms with E-state index >= 15 is 0 Å². The van der Waals surface area contributed by atoms with Crippen LogP contribution in [0.5, 0.6) is 5.75 Å². The van der Waals surface area contributed by atoms with Gasteiger partial charge in [-0.1, -0.05) is 12.1 Å². The minimum Gasteiger partial charge on any atom is -0.492 e. The highest BCUT2D eigenvalue weighted by Gasteiger charge is 2.30. The van der Waals surface area contributed by atoms with Crippen molar-refractivity contribution in [1.29, 1.82) is 0 Å². The van der Waals surface area contributed by atoms with Crippen LogP contribution in [0.25, 0.3) is 0 Å². The van der Waals surface area contributed by atoms with E-state index in [0.717, 1.165) is 12.8 Å². The highest BCUT2D eigenvalue weighted by molar-refractivity contribution is 5.94. The Balaban J connectivity index is 2.01. The molecule has 1 saturated heterocycles. The van der Waals surface area contributed by atoms with Crippen molar-refractivity contribution in [3.8, 4) is 5.75 Å². The van der Waals surface area contributed by atoms with E-state index in [9.17, 15) is 9.59 Å². The molecule has 0 unspecified atom stereocenters. The van der Waals surface area contributed by atoms with Gasteiger partial charge in [0, 0.05) is 26.2 Å². The molecular formula is C19H29N3O3. The van der Waals surface area contributed by atoms with Gasteiger partial charge in [-0.25, -0.2) is 4.79 Å². The van der Waals surface area contributed by atoms with Crippen molar-refractivity contribution in [2.75, 3.05) is 38.1 Å². The Bertz CT molecular complexity index is 587. The highest BCUT2D eigenvalue weighted by Crippen LogP contribution is 2.26. The first kappa shape index (κ1) is 19.1. The van der Waals surface area contributed by atoms with Crippen LogP contribution in [-0.2, 0) is 4.79 Å². The van der Waals surface area contributed by atoms with Gasteiger partial charge in [0.2, 0.25) is 5.91 Å². The maximum absolute atomic E-state index is 12.7. The normalized spacial score (nSPS) is 17.1. The number of carbonyl (C=O) groups is 2. The number of ether oxygens (including phenoxy) is 1. The Morgan fingerprint density at radius 1 is 1.24 bits per heavy atom. The van der Waals surface area contributed by atoms with Crippen molar-refractivity contribution in [3.05, 3.63) is 24.3 Å². The van der Waals surface area contributed by atoms with E-state index < -0.39 is 0 Å². The number of nitrogens with one attached hydrogen (secondary N) is 1. The van der Waals surface area contributed by atoms with E-state index in [2.05, 4.69) is 5.32 Å². The summed E-state index contributed by atoms with van der Waals surface area (Å²) < 4.78 is 5.56. The lowest BCUT2D eigenvalue weighted by atomic mass is 9.97. The largest absolute Gasteiger partial charge is 0.492 e. The fourth-order valence-corrected chi connectivity index (χ4v) is 3.15. The van der Waals surface area contributed by atoms with E-state index in [-0.39, 0.29) is 17.9 Å². The number of piperidine rings is 1. The van der Waals surface area contributed by atoms with E-state index in [1.165, 1.54) is 0 Å². The quantitative estimate of drug-likeness (QED) is 0.859. The lowest BCUT2D eigenvalue weighted by Crippen LogP contribution is -2.49. The average Bonchev–Trinajstić information content (AvgIpc) is 2.64. The molecule has 3 amide bonds. The lowest BCUT2D eigenvalue weighted by Gasteiger charge is -2.35. The third-order valence-electron chi connectivity index (χ3n) is 4.54. The number of nitrogens with zero attached hydrogens (tertiary/aromatic N) is 2. The summed E-state index contributed by atoms with van der Waals surface area (Å²) in [6.07, 6.45) is 1.64. The van der Waals surface area contributed by atoms with Gasteiger partial charge in [-0.15, -0.1) is 0 Å². The number of hydrogen-bond acceptors (Lipinski definition) is 3. The van der Waals surface area contributed by atoms with Crippen LogP contribution in [0.2, 0.25) is 0 Å². The van der Waals surface area contributed by atoms with Crippen molar-refractivity contribution < 1.29 is 14.3 Å². The molecule has 1 atom stereocenters. The number of hydrogen-bond donors (Lipinski definition) is 1. The summed E-state index contributed by atoms with van der Waals surface area (Å²) in [6.45, 7) is 8.96. The van der Waals surface area contributed by atoms with E-state index in [4.69, 9.17) is 4.74 Å². The van der Waals surface area contributed by atoms with Gasteiger partial charge in [-0.3, -0.25) is 4.79 Å². The van der Waals surface area contributed by atoms with Crippen molar-refractivity contribution in [2.45, 2.75) is 33.6 Å². The zero-order valence-electron chi connectivity index (χ0n) is 15.5. The summed E-state index contributed by atoms with van der Waals surface area (Å²) in [5.41, 5.74) is 0.682. The number of para-hydroxylation sites is 2. The topological polar surface area (TPSA) is 61.9 Å². The fourth-order valence-electron chi connectivity index (χ4n) is 3.15.